The number of aromatic nitrogens is 1. The molecule has 4 N–H and O–H groups in total. The quantitative estimate of drug-likeness (QED) is 0.766. The molecule has 1 unspecified atom stereocenters. The lowest BCUT2D eigenvalue weighted by atomic mass is 9.98. The van der Waals surface area contributed by atoms with Crippen molar-refractivity contribution in [2.24, 2.45) is 0 Å². The number of nitrogens with one attached hydrogen (secondary N) is 2. The van der Waals surface area contributed by atoms with Crippen molar-refractivity contribution in [3.05, 3.63) is 41.5 Å². The first kappa shape index (κ1) is 15.3. The van der Waals surface area contributed by atoms with E-state index in [1.165, 1.54) is 17.1 Å². The van der Waals surface area contributed by atoms with Crippen molar-refractivity contribution in [2.75, 3.05) is 24.6 Å². The molecule has 1 amide bonds. The molecule has 0 bridgehead atoms. The standard InChI is InChI=1S/C15H20N4OS/c1-10(11-6-4-3-5-7-11)8-9-18-15-12(14(20)17-2)13(16)19-21-15/h3-7,10,18H,8-9H2,1-2H3,(H2,16,19)(H,17,20). The molecule has 1 aromatic carbocycles. The fraction of sp³-hybridized carbons (Fsp3) is 0.333. The van der Waals surface area contributed by atoms with Crippen molar-refractivity contribution in [1.29, 1.82) is 0 Å². The average Bonchev–Trinajstić information content (AvgIpc) is 2.88. The molecule has 0 aliphatic carbocycles. The van der Waals surface area contributed by atoms with Crippen LogP contribution in [0, 0.1) is 0 Å². The summed E-state index contributed by atoms with van der Waals surface area (Å²) in [6, 6.07) is 10.4. The summed E-state index contributed by atoms with van der Waals surface area (Å²) in [7, 11) is 1.58. The van der Waals surface area contributed by atoms with Gasteiger partial charge in [-0.1, -0.05) is 37.3 Å². The molecule has 0 fully saturated rings. The highest BCUT2D eigenvalue weighted by Crippen LogP contribution is 2.27. The molecular weight excluding hydrogens is 284 g/mol. The van der Waals surface area contributed by atoms with Gasteiger partial charge in [-0.25, -0.2) is 0 Å². The van der Waals surface area contributed by atoms with Gasteiger partial charge in [0.1, 0.15) is 10.6 Å². The predicted molar refractivity (Wildman–Crippen MR) is 87.9 cm³/mol. The number of nitrogens with two attached hydrogens (primary N) is 1. The lowest BCUT2D eigenvalue weighted by molar-refractivity contribution is 0.0965. The summed E-state index contributed by atoms with van der Waals surface area (Å²) in [5, 5.41) is 6.58. The second-order valence-corrected chi connectivity index (χ2v) is 5.65. The highest BCUT2D eigenvalue weighted by molar-refractivity contribution is 7.11. The van der Waals surface area contributed by atoms with Gasteiger partial charge in [0.15, 0.2) is 5.82 Å². The van der Waals surface area contributed by atoms with Gasteiger partial charge in [-0.05, 0) is 29.4 Å². The third-order valence-corrected chi connectivity index (χ3v) is 4.22. The highest BCUT2D eigenvalue weighted by Gasteiger charge is 2.18. The third kappa shape index (κ3) is 3.72. The van der Waals surface area contributed by atoms with Crippen molar-refractivity contribution in [3.63, 3.8) is 0 Å². The van der Waals surface area contributed by atoms with E-state index in [4.69, 9.17) is 5.73 Å². The van der Waals surface area contributed by atoms with Gasteiger partial charge in [-0.15, -0.1) is 0 Å². The molecule has 1 heterocycles. The Balaban J connectivity index is 1.94. The van der Waals surface area contributed by atoms with E-state index in [9.17, 15) is 4.79 Å². The zero-order valence-corrected chi connectivity index (χ0v) is 13.0. The number of rotatable bonds is 6. The van der Waals surface area contributed by atoms with E-state index in [1.807, 2.05) is 18.2 Å². The molecule has 0 aliphatic heterocycles. The molecule has 0 radical (unpaired) electrons. The number of nitrogens with zero attached hydrogens (tertiary/aromatic N) is 1. The fourth-order valence-corrected chi connectivity index (χ4v) is 2.85. The molecule has 0 spiro atoms. The highest BCUT2D eigenvalue weighted by atomic mass is 32.1. The van der Waals surface area contributed by atoms with E-state index in [-0.39, 0.29) is 11.7 Å². The van der Waals surface area contributed by atoms with Gasteiger partial charge in [0.25, 0.3) is 5.91 Å². The molecule has 2 aromatic rings. The molecule has 0 saturated carbocycles. The van der Waals surface area contributed by atoms with Crippen molar-refractivity contribution in [1.82, 2.24) is 9.69 Å². The fourth-order valence-electron chi connectivity index (χ4n) is 2.12. The van der Waals surface area contributed by atoms with Gasteiger partial charge in [0, 0.05) is 13.6 Å². The van der Waals surface area contributed by atoms with Crippen LogP contribution in [0.1, 0.15) is 35.2 Å². The zero-order valence-electron chi connectivity index (χ0n) is 12.2. The van der Waals surface area contributed by atoms with Crippen LogP contribution in [0.3, 0.4) is 0 Å². The Morgan fingerprint density at radius 1 is 1.38 bits per heavy atom. The second-order valence-electron chi connectivity index (χ2n) is 4.88. The third-order valence-electron chi connectivity index (χ3n) is 3.40. The Morgan fingerprint density at radius 2 is 2.10 bits per heavy atom. The van der Waals surface area contributed by atoms with Crippen LogP contribution in [-0.2, 0) is 0 Å². The maximum Gasteiger partial charge on any atom is 0.257 e. The predicted octanol–water partition coefficient (Wildman–Crippen LogP) is 2.69. The van der Waals surface area contributed by atoms with Crippen LogP contribution in [-0.4, -0.2) is 23.9 Å². The van der Waals surface area contributed by atoms with E-state index in [0.29, 0.717) is 11.5 Å². The van der Waals surface area contributed by atoms with Crippen LogP contribution in [0.4, 0.5) is 10.8 Å². The van der Waals surface area contributed by atoms with Crippen molar-refractivity contribution in [2.45, 2.75) is 19.3 Å². The summed E-state index contributed by atoms with van der Waals surface area (Å²) < 4.78 is 4.04. The lowest BCUT2D eigenvalue weighted by Gasteiger charge is -2.12. The van der Waals surface area contributed by atoms with Gasteiger partial charge in [-0.3, -0.25) is 4.79 Å². The molecule has 5 nitrogen and oxygen atoms in total. The summed E-state index contributed by atoms with van der Waals surface area (Å²) in [4.78, 5) is 11.8. The molecule has 0 saturated heterocycles. The van der Waals surface area contributed by atoms with Crippen LogP contribution in [0.5, 0.6) is 0 Å². The number of carbonyl (C=O) groups is 1. The molecule has 112 valence electrons. The van der Waals surface area contributed by atoms with E-state index < -0.39 is 0 Å². The largest absolute Gasteiger partial charge is 0.382 e. The monoisotopic (exact) mass is 304 g/mol. The summed E-state index contributed by atoms with van der Waals surface area (Å²) >= 11 is 1.22. The Hall–Kier alpha value is -2.08. The minimum Gasteiger partial charge on any atom is -0.382 e. The number of nitrogen functional groups attached to an aromatic ring is 1. The number of hydrogen-bond acceptors (Lipinski definition) is 5. The van der Waals surface area contributed by atoms with Crippen molar-refractivity contribution < 1.29 is 4.79 Å². The Labute approximate surface area is 128 Å². The topological polar surface area (TPSA) is 80.0 Å². The van der Waals surface area contributed by atoms with E-state index >= 15 is 0 Å². The van der Waals surface area contributed by atoms with Crippen LogP contribution in [0.15, 0.2) is 30.3 Å². The van der Waals surface area contributed by atoms with Crippen LogP contribution >= 0.6 is 11.5 Å². The maximum atomic E-state index is 11.8. The van der Waals surface area contributed by atoms with Crippen LogP contribution in [0.2, 0.25) is 0 Å². The number of carbonyl (C=O) groups excluding carboxylic acids is 1. The normalized spacial score (nSPS) is 11.9. The smallest absolute Gasteiger partial charge is 0.257 e. The SMILES string of the molecule is CNC(=O)c1c(N)nsc1NCCC(C)c1ccccc1. The molecule has 0 aliphatic rings. The zero-order chi connectivity index (χ0) is 15.2. The number of benzene rings is 1. The maximum absolute atomic E-state index is 11.8. The van der Waals surface area contributed by atoms with Crippen LogP contribution in [0.25, 0.3) is 0 Å². The average molecular weight is 304 g/mol. The van der Waals surface area contributed by atoms with Gasteiger partial charge >= 0.3 is 0 Å². The molecule has 6 heteroatoms. The van der Waals surface area contributed by atoms with E-state index in [2.05, 4.69) is 34.1 Å². The summed E-state index contributed by atoms with van der Waals surface area (Å²) in [5.41, 5.74) is 7.49. The Morgan fingerprint density at radius 3 is 2.76 bits per heavy atom. The molecule has 21 heavy (non-hydrogen) atoms. The molecule has 1 atom stereocenters. The summed E-state index contributed by atoms with van der Waals surface area (Å²) in [6.45, 7) is 2.96. The summed E-state index contributed by atoms with van der Waals surface area (Å²) in [5.74, 6) is 0.519. The first-order valence-corrected chi connectivity index (χ1v) is 7.67. The minimum atomic E-state index is -0.208. The van der Waals surface area contributed by atoms with E-state index in [0.717, 1.165) is 18.0 Å². The second kappa shape index (κ2) is 7.08. The first-order valence-electron chi connectivity index (χ1n) is 6.89. The number of hydrogen-bond donors (Lipinski definition) is 3. The molecule has 2 rings (SSSR count). The minimum absolute atomic E-state index is 0.208. The van der Waals surface area contributed by atoms with Crippen LogP contribution < -0.4 is 16.4 Å². The Bertz CT molecular complexity index is 597. The molecule has 1 aromatic heterocycles. The summed E-state index contributed by atoms with van der Waals surface area (Å²) in [6.07, 6.45) is 0.967. The van der Waals surface area contributed by atoms with Gasteiger partial charge in [0.05, 0.1) is 0 Å². The molecular formula is C15H20N4OS. The van der Waals surface area contributed by atoms with Gasteiger partial charge in [0.2, 0.25) is 0 Å². The lowest BCUT2D eigenvalue weighted by Crippen LogP contribution is -2.20. The van der Waals surface area contributed by atoms with Crippen molar-refractivity contribution in [3.8, 4) is 0 Å². The van der Waals surface area contributed by atoms with Gasteiger partial charge in [-0.2, -0.15) is 4.37 Å². The first-order chi connectivity index (χ1) is 10.1. The Kier molecular flexibility index (Phi) is 5.16. The number of amides is 1. The van der Waals surface area contributed by atoms with Gasteiger partial charge < -0.3 is 16.4 Å². The van der Waals surface area contributed by atoms with Crippen molar-refractivity contribution >= 4 is 28.3 Å². The van der Waals surface area contributed by atoms with E-state index in [1.54, 1.807) is 7.05 Å². The number of anilines is 2.